The van der Waals surface area contributed by atoms with E-state index in [2.05, 4.69) is 55.6 Å². The Hall–Kier alpha value is -1.92. The van der Waals surface area contributed by atoms with Gasteiger partial charge in [0.15, 0.2) is 5.96 Å². The van der Waals surface area contributed by atoms with Gasteiger partial charge in [0, 0.05) is 26.6 Å². The van der Waals surface area contributed by atoms with Crippen molar-refractivity contribution in [2.75, 3.05) is 13.6 Å². The number of nitrogens with one attached hydrogen (secondary N) is 2. The Balaban J connectivity index is 1.41. The number of aromatic nitrogens is 1. The number of hydrogen-bond donors (Lipinski definition) is 2. The van der Waals surface area contributed by atoms with Crippen LogP contribution in [0.3, 0.4) is 0 Å². The van der Waals surface area contributed by atoms with E-state index in [-0.39, 0.29) is 0 Å². The first-order chi connectivity index (χ1) is 11.3. The van der Waals surface area contributed by atoms with Crippen LogP contribution in [0.1, 0.15) is 17.0 Å². The van der Waals surface area contributed by atoms with Crippen LogP contribution < -0.4 is 10.6 Å². The topological polar surface area (TPSA) is 49.3 Å². The molecule has 0 atom stereocenters. The standard InChI is InChI=1S/C17H20N4S2/c1-18-17(20-11-13-8-10-22-12-13)19-9-4-7-16-21-14-5-2-3-6-15(14)23-16/h2-3,5-6,8,10,12H,4,7,9,11H2,1H3,(H2,18,19,20). The molecule has 0 aliphatic rings. The van der Waals surface area contributed by atoms with Gasteiger partial charge in [0.1, 0.15) is 0 Å². The van der Waals surface area contributed by atoms with Gasteiger partial charge in [-0.1, -0.05) is 12.1 Å². The summed E-state index contributed by atoms with van der Waals surface area (Å²) < 4.78 is 1.27. The molecular weight excluding hydrogens is 324 g/mol. The van der Waals surface area contributed by atoms with Gasteiger partial charge in [-0.05, 0) is 40.9 Å². The van der Waals surface area contributed by atoms with E-state index in [0.29, 0.717) is 0 Å². The van der Waals surface area contributed by atoms with Crippen molar-refractivity contribution < 1.29 is 0 Å². The number of nitrogens with zero attached hydrogens (tertiary/aromatic N) is 2. The molecule has 23 heavy (non-hydrogen) atoms. The summed E-state index contributed by atoms with van der Waals surface area (Å²) in [6.07, 6.45) is 2.03. The lowest BCUT2D eigenvalue weighted by atomic mass is 10.3. The number of thiophene rings is 1. The number of hydrogen-bond acceptors (Lipinski definition) is 4. The summed E-state index contributed by atoms with van der Waals surface area (Å²) in [6.45, 7) is 1.69. The molecule has 0 fully saturated rings. The van der Waals surface area contributed by atoms with Crippen molar-refractivity contribution in [3.8, 4) is 0 Å². The second kappa shape index (κ2) is 8.08. The Bertz CT molecular complexity index is 729. The van der Waals surface area contributed by atoms with E-state index in [1.54, 1.807) is 29.7 Å². The van der Waals surface area contributed by atoms with Crippen LogP contribution in [-0.2, 0) is 13.0 Å². The SMILES string of the molecule is CN=C(NCCCc1nc2ccccc2s1)NCc1ccsc1. The molecule has 2 N–H and O–H groups in total. The molecule has 0 saturated heterocycles. The van der Waals surface area contributed by atoms with Gasteiger partial charge in [-0.2, -0.15) is 11.3 Å². The molecule has 0 aliphatic heterocycles. The smallest absolute Gasteiger partial charge is 0.191 e. The van der Waals surface area contributed by atoms with Crippen LogP contribution in [0.25, 0.3) is 10.2 Å². The fraction of sp³-hybridized carbons (Fsp3) is 0.294. The Kier molecular flexibility index (Phi) is 5.60. The predicted octanol–water partition coefficient (Wildman–Crippen LogP) is 3.66. The summed E-state index contributed by atoms with van der Waals surface area (Å²) in [6, 6.07) is 10.4. The Labute approximate surface area is 144 Å². The number of aliphatic imine (C=N–C) groups is 1. The van der Waals surface area contributed by atoms with E-state index in [9.17, 15) is 0 Å². The normalized spacial score (nSPS) is 11.8. The minimum Gasteiger partial charge on any atom is -0.356 e. The molecule has 2 aromatic heterocycles. The van der Waals surface area contributed by atoms with Gasteiger partial charge in [0.25, 0.3) is 0 Å². The van der Waals surface area contributed by atoms with Gasteiger partial charge in [0.2, 0.25) is 0 Å². The molecule has 120 valence electrons. The summed E-state index contributed by atoms with van der Waals surface area (Å²) in [4.78, 5) is 8.92. The molecule has 0 unspecified atom stereocenters. The van der Waals surface area contributed by atoms with E-state index in [0.717, 1.165) is 37.4 Å². The van der Waals surface area contributed by atoms with Crippen LogP contribution in [0.2, 0.25) is 0 Å². The van der Waals surface area contributed by atoms with Gasteiger partial charge in [-0.25, -0.2) is 4.98 Å². The maximum Gasteiger partial charge on any atom is 0.191 e. The molecule has 0 amide bonds. The second-order valence-corrected chi connectivity index (χ2v) is 7.06. The van der Waals surface area contributed by atoms with Crippen molar-refractivity contribution in [1.82, 2.24) is 15.6 Å². The van der Waals surface area contributed by atoms with Gasteiger partial charge in [-0.15, -0.1) is 11.3 Å². The average Bonchev–Trinajstić information content (AvgIpc) is 3.23. The fourth-order valence-corrected chi connectivity index (χ4v) is 3.95. The van der Waals surface area contributed by atoms with E-state index >= 15 is 0 Å². The number of para-hydroxylation sites is 1. The fourth-order valence-electron chi connectivity index (χ4n) is 2.27. The average molecular weight is 345 g/mol. The highest BCUT2D eigenvalue weighted by Crippen LogP contribution is 2.22. The summed E-state index contributed by atoms with van der Waals surface area (Å²) in [5.74, 6) is 0.848. The van der Waals surface area contributed by atoms with Gasteiger partial charge in [0.05, 0.1) is 15.2 Å². The molecule has 0 spiro atoms. The molecule has 1 aromatic carbocycles. The van der Waals surface area contributed by atoms with Gasteiger partial charge < -0.3 is 10.6 Å². The highest BCUT2D eigenvalue weighted by molar-refractivity contribution is 7.18. The Morgan fingerprint density at radius 2 is 2.13 bits per heavy atom. The van der Waals surface area contributed by atoms with E-state index < -0.39 is 0 Å². The van der Waals surface area contributed by atoms with E-state index in [1.807, 2.05) is 6.07 Å². The minimum atomic E-state index is 0.807. The largest absolute Gasteiger partial charge is 0.356 e. The highest BCUT2D eigenvalue weighted by Gasteiger charge is 2.03. The lowest BCUT2D eigenvalue weighted by Gasteiger charge is -2.10. The van der Waals surface area contributed by atoms with Gasteiger partial charge in [-0.3, -0.25) is 4.99 Å². The van der Waals surface area contributed by atoms with Crippen molar-refractivity contribution in [2.24, 2.45) is 4.99 Å². The third-order valence-electron chi connectivity index (χ3n) is 3.46. The molecule has 0 bridgehead atoms. The molecule has 6 heteroatoms. The van der Waals surface area contributed by atoms with Crippen molar-refractivity contribution in [1.29, 1.82) is 0 Å². The van der Waals surface area contributed by atoms with Crippen molar-refractivity contribution in [2.45, 2.75) is 19.4 Å². The van der Waals surface area contributed by atoms with Crippen LogP contribution in [0, 0.1) is 0 Å². The van der Waals surface area contributed by atoms with Crippen LogP contribution in [-0.4, -0.2) is 24.5 Å². The molecule has 0 aliphatic carbocycles. The number of benzene rings is 1. The maximum atomic E-state index is 4.67. The number of aryl methyl sites for hydroxylation is 1. The summed E-state index contributed by atoms with van der Waals surface area (Å²) >= 11 is 3.50. The first kappa shape index (κ1) is 16.0. The predicted molar refractivity (Wildman–Crippen MR) is 100 cm³/mol. The molecule has 4 nitrogen and oxygen atoms in total. The van der Waals surface area contributed by atoms with E-state index in [4.69, 9.17) is 0 Å². The summed E-state index contributed by atoms with van der Waals surface area (Å²) in [5, 5.41) is 12.1. The molecule has 2 heterocycles. The number of fused-ring (bicyclic) bond motifs is 1. The zero-order valence-electron chi connectivity index (χ0n) is 13.1. The van der Waals surface area contributed by atoms with Crippen LogP contribution in [0.15, 0.2) is 46.1 Å². The number of rotatable bonds is 6. The van der Waals surface area contributed by atoms with Crippen molar-refractivity contribution >= 4 is 38.8 Å². The molecule has 3 rings (SSSR count). The zero-order valence-corrected chi connectivity index (χ0v) is 14.7. The lowest BCUT2D eigenvalue weighted by molar-refractivity contribution is 0.741. The lowest BCUT2D eigenvalue weighted by Crippen LogP contribution is -2.37. The third-order valence-corrected chi connectivity index (χ3v) is 5.29. The van der Waals surface area contributed by atoms with Crippen LogP contribution >= 0.6 is 22.7 Å². The maximum absolute atomic E-state index is 4.67. The van der Waals surface area contributed by atoms with Crippen molar-refractivity contribution in [3.05, 3.63) is 51.7 Å². The monoisotopic (exact) mass is 344 g/mol. The second-order valence-electron chi connectivity index (χ2n) is 5.16. The zero-order chi connectivity index (χ0) is 15.9. The Morgan fingerprint density at radius 3 is 2.91 bits per heavy atom. The molecular formula is C17H20N4S2. The quantitative estimate of drug-likeness (QED) is 0.408. The number of thiazole rings is 1. The molecule has 3 aromatic rings. The van der Waals surface area contributed by atoms with Gasteiger partial charge >= 0.3 is 0 Å². The first-order valence-corrected chi connectivity index (χ1v) is 9.41. The third kappa shape index (κ3) is 4.53. The molecule has 0 radical (unpaired) electrons. The minimum absolute atomic E-state index is 0.807. The van der Waals surface area contributed by atoms with Crippen LogP contribution in [0.5, 0.6) is 0 Å². The summed E-state index contributed by atoms with van der Waals surface area (Å²) in [7, 11) is 1.80. The van der Waals surface area contributed by atoms with Crippen LogP contribution in [0.4, 0.5) is 0 Å². The van der Waals surface area contributed by atoms with Crippen molar-refractivity contribution in [3.63, 3.8) is 0 Å². The molecule has 0 saturated carbocycles. The summed E-state index contributed by atoms with van der Waals surface area (Å²) in [5.41, 5.74) is 2.39. The Morgan fingerprint density at radius 1 is 1.22 bits per heavy atom. The first-order valence-electron chi connectivity index (χ1n) is 7.65. The highest BCUT2D eigenvalue weighted by atomic mass is 32.1. The number of guanidine groups is 1. The van der Waals surface area contributed by atoms with E-state index in [1.165, 1.54) is 15.3 Å².